The van der Waals surface area contributed by atoms with Crippen molar-refractivity contribution in [2.24, 2.45) is 11.8 Å². The molecule has 7 nitrogen and oxygen atoms in total. The Bertz CT molecular complexity index is 897. The number of nitrogens with zero attached hydrogens (tertiary/aromatic N) is 1. The number of aliphatic carboxylic acids is 1. The molecule has 0 amide bonds. The van der Waals surface area contributed by atoms with Crippen LogP contribution < -0.4 is 20.1 Å². The zero-order valence-corrected chi connectivity index (χ0v) is 21.5. The quantitative estimate of drug-likeness (QED) is 0.340. The van der Waals surface area contributed by atoms with E-state index in [1.165, 1.54) is 5.56 Å². The van der Waals surface area contributed by atoms with Crippen molar-refractivity contribution < 1.29 is 19.4 Å². The van der Waals surface area contributed by atoms with Crippen LogP contribution in [0.5, 0.6) is 11.5 Å². The first-order valence-corrected chi connectivity index (χ1v) is 13.1. The molecule has 0 aromatic heterocycles. The predicted molar refractivity (Wildman–Crippen MR) is 137 cm³/mol. The lowest BCUT2D eigenvalue weighted by Crippen LogP contribution is -2.54. The predicted octanol–water partition coefficient (Wildman–Crippen LogP) is 3.55. The molecule has 0 spiro atoms. The van der Waals surface area contributed by atoms with Gasteiger partial charge in [0.2, 0.25) is 0 Å². The van der Waals surface area contributed by atoms with Gasteiger partial charge < -0.3 is 25.2 Å². The molecule has 0 radical (unpaired) electrons. The van der Waals surface area contributed by atoms with E-state index in [4.69, 9.17) is 21.7 Å². The van der Waals surface area contributed by atoms with Crippen LogP contribution in [0.3, 0.4) is 0 Å². The maximum absolute atomic E-state index is 11.4. The van der Waals surface area contributed by atoms with Gasteiger partial charge in [0.25, 0.3) is 0 Å². The molecule has 0 bridgehead atoms. The molecule has 2 saturated carbocycles. The second-order valence-corrected chi connectivity index (χ2v) is 10.6. The lowest BCUT2D eigenvalue weighted by molar-refractivity contribution is -0.138. The average Bonchev–Trinajstić information content (AvgIpc) is 3.52. The van der Waals surface area contributed by atoms with E-state index in [0.29, 0.717) is 12.1 Å². The van der Waals surface area contributed by atoms with E-state index in [0.717, 1.165) is 81.2 Å². The Balaban J connectivity index is 1.53. The highest BCUT2D eigenvalue weighted by Gasteiger charge is 2.54. The summed E-state index contributed by atoms with van der Waals surface area (Å²) in [5, 5.41) is 17.1. The summed E-state index contributed by atoms with van der Waals surface area (Å²) in [6.45, 7) is 4.94. The van der Waals surface area contributed by atoms with Crippen molar-refractivity contribution in [3.05, 3.63) is 23.8 Å². The summed E-state index contributed by atoms with van der Waals surface area (Å²) in [7, 11) is 3.35. The highest BCUT2D eigenvalue weighted by Crippen LogP contribution is 2.52. The standard InChI is InChI=1S/C26H39N3O4S/c1-4-5-11-27-25(34)28-19-8-9-26(18-6-7-21(32-2)22(14-18)33-3)10-12-29(23(26)15-19)16-17-13-20(17)24(30)31/h6-7,14,17,19-20,23H,4-5,8-13,15-16H2,1-3H3,(H,30,31)(H2,27,28,34)/t17?,19-,20?,23+,26+/m1/s1. The second-order valence-electron chi connectivity index (χ2n) is 10.2. The lowest BCUT2D eigenvalue weighted by atomic mass is 9.65. The number of hydrogen-bond donors (Lipinski definition) is 3. The van der Waals surface area contributed by atoms with Crippen LogP contribution in [0.15, 0.2) is 18.2 Å². The minimum absolute atomic E-state index is 0.0304. The smallest absolute Gasteiger partial charge is 0.306 e. The SMILES string of the molecule is CCCCNC(=S)N[C@@H]1CC[C@@]2(c3ccc(OC)c(OC)c3)CCN(CC3CC3C(=O)O)[C@H]2C1. The number of thiocarbonyl (C=S) groups is 1. The first kappa shape index (κ1) is 25.0. The number of carboxylic acids is 1. The number of benzene rings is 1. The summed E-state index contributed by atoms with van der Waals surface area (Å²) in [6, 6.07) is 7.01. The van der Waals surface area contributed by atoms with Gasteiger partial charge in [-0.1, -0.05) is 19.4 Å². The van der Waals surface area contributed by atoms with Crippen LogP contribution in [0.4, 0.5) is 0 Å². The molecular formula is C26H39N3O4S. The van der Waals surface area contributed by atoms with Crippen molar-refractivity contribution in [2.45, 2.75) is 69.4 Å². The van der Waals surface area contributed by atoms with Crippen molar-refractivity contribution in [2.75, 3.05) is 33.9 Å². The van der Waals surface area contributed by atoms with Gasteiger partial charge in [-0.05, 0) is 80.9 Å². The summed E-state index contributed by atoms with van der Waals surface area (Å²) in [4.78, 5) is 14.0. The van der Waals surface area contributed by atoms with Crippen LogP contribution in [-0.4, -0.2) is 67.0 Å². The van der Waals surface area contributed by atoms with Gasteiger partial charge in [-0.15, -0.1) is 0 Å². The van der Waals surface area contributed by atoms with Crippen LogP contribution in [-0.2, 0) is 10.2 Å². The van der Waals surface area contributed by atoms with Crippen molar-refractivity contribution >= 4 is 23.3 Å². The Morgan fingerprint density at radius 2 is 2.03 bits per heavy atom. The molecule has 3 aliphatic rings. The average molecular weight is 490 g/mol. The third-order valence-electron chi connectivity index (χ3n) is 8.19. The van der Waals surface area contributed by atoms with Crippen LogP contribution >= 0.6 is 12.2 Å². The van der Waals surface area contributed by atoms with E-state index in [-0.39, 0.29) is 17.3 Å². The van der Waals surface area contributed by atoms with Crippen LogP contribution in [0, 0.1) is 11.8 Å². The summed E-state index contributed by atoms with van der Waals surface area (Å²) in [5.41, 5.74) is 1.33. The highest BCUT2D eigenvalue weighted by atomic mass is 32.1. The van der Waals surface area contributed by atoms with Crippen molar-refractivity contribution in [1.82, 2.24) is 15.5 Å². The molecule has 4 rings (SSSR count). The van der Waals surface area contributed by atoms with Gasteiger partial charge in [0.05, 0.1) is 20.1 Å². The number of unbranched alkanes of at least 4 members (excludes halogenated alkanes) is 1. The van der Waals surface area contributed by atoms with Gasteiger partial charge in [0.1, 0.15) is 0 Å². The van der Waals surface area contributed by atoms with Gasteiger partial charge in [-0.25, -0.2) is 0 Å². The highest BCUT2D eigenvalue weighted by molar-refractivity contribution is 7.80. The molecule has 1 aromatic rings. The fourth-order valence-electron chi connectivity index (χ4n) is 6.15. The number of hydrogen-bond acceptors (Lipinski definition) is 5. The Hall–Kier alpha value is -2.06. The van der Waals surface area contributed by atoms with Crippen molar-refractivity contribution in [3.63, 3.8) is 0 Å². The van der Waals surface area contributed by atoms with E-state index >= 15 is 0 Å². The zero-order chi connectivity index (χ0) is 24.3. The number of carboxylic acid groups (broad SMARTS) is 1. The third kappa shape index (κ3) is 5.13. The number of carbonyl (C=O) groups is 1. The largest absolute Gasteiger partial charge is 0.493 e. The number of likely N-dealkylation sites (tertiary alicyclic amines) is 1. The van der Waals surface area contributed by atoms with Gasteiger partial charge >= 0.3 is 5.97 Å². The molecule has 3 N–H and O–H groups in total. The second kappa shape index (κ2) is 10.7. The number of methoxy groups -OCH3 is 2. The molecule has 5 atom stereocenters. The van der Waals surface area contributed by atoms with E-state index in [9.17, 15) is 9.90 Å². The molecule has 8 heteroatoms. The summed E-state index contributed by atoms with van der Waals surface area (Å²) < 4.78 is 11.1. The summed E-state index contributed by atoms with van der Waals surface area (Å²) >= 11 is 5.57. The first-order chi connectivity index (χ1) is 16.4. The van der Waals surface area contributed by atoms with Crippen LogP contribution in [0.1, 0.15) is 57.4 Å². The Morgan fingerprint density at radius 3 is 2.71 bits per heavy atom. The molecule has 1 saturated heterocycles. The van der Waals surface area contributed by atoms with Crippen molar-refractivity contribution in [3.8, 4) is 11.5 Å². The maximum atomic E-state index is 11.4. The van der Waals surface area contributed by atoms with Crippen LogP contribution in [0.2, 0.25) is 0 Å². The van der Waals surface area contributed by atoms with E-state index in [2.05, 4.69) is 34.6 Å². The minimum Gasteiger partial charge on any atom is -0.493 e. The molecule has 34 heavy (non-hydrogen) atoms. The molecule has 2 aliphatic carbocycles. The van der Waals surface area contributed by atoms with E-state index < -0.39 is 5.97 Å². The molecule has 1 aliphatic heterocycles. The molecular weight excluding hydrogens is 450 g/mol. The number of ether oxygens (including phenoxy) is 2. The molecule has 3 fully saturated rings. The molecule has 188 valence electrons. The van der Waals surface area contributed by atoms with E-state index in [1.807, 2.05) is 6.07 Å². The normalized spacial score (nSPS) is 30.3. The van der Waals surface area contributed by atoms with Gasteiger partial charge in [-0.2, -0.15) is 0 Å². The summed E-state index contributed by atoms with van der Waals surface area (Å²) in [6.07, 6.45) is 7.23. The lowest BCUT2D eigenvalue weighted by Gasteiger charge is -2.46. The Kier molecular flexibility index (Phi) is 7.87. The Morgan fingerprint density at radius 1 is 1.24 bits per heavy atom. The monoisotopic (exact) mass is 489 g/mol. The number of nitrogens with one attached hydrogen (secondary N) is 2. The van der Waals surface area contributed by atoms with Gasteiger partial charge in [-0.3, -0.25) is 9.69 Å². The minimum atomic E-state index is -0.651. The number of fused-ring (bicyclic) bond motifs is 1. The van der Waals surface area contributed by atoms with Gasteiger partial charge in [0.15, 0.2) is 16.6 Å². The zero-order valence-electron chi connectivity index (χ0n) is 20.6. The third-order valence-corrected chi connectivity index (χ3v) is 8.45. The fraction of sp³-hybridized carbons (Fsp3) is 0.692. The van der Waals surface area contributed by atoms with Crippen molar-refractivity contribution in [1.29, 1.82) is 0 Å². The van der Waals surface area contributed by atoms with Crippen LogP contribution in [0.25, 0.3) is 0 Å². The molecule has 1 heterocycles. The maximum Gasteiger partial charge on any atom is 0.306 e. The molecule has 1 aromatic carbocycles. The molecule has 2 unspecified atom stereocenters. The topological polar surface area (TPSA) is 83.1 Å². The fourth-order valence-corrected chi connectivity index (χ4v) is 6.41. The first-order valence-electron chi connectivity index (χ1n) is 12.7. The van der Waals surface area contributed by atoms with E-state index in [1.54, 1.807) is 14.2 Å². The number of rotatable bonds is 10. The van der Waals surface area contributed by atoms with Gasteiger partial charge in [0, 0.05) is 30.6 Å². The Labute approximate surface area is 208 Å². The summed E-state index contributed by atoms with van der Waals surface area (Å²) in [5.74, 6) is 0.950.